The van der Waals surface area contributed by atoms with E-state index in [2.05, 4.69) is 10.4 Å². The van der Waals surface area contributed by atoms with Crippen LogP contribution in [0.5, 0.6) is 0 Å². The zero-order valence-electron chi connectivity index (χ0n) is 12.5. The number of anilines is 1. The minimum atomic E-state index is -0.421. The first-order chi connectivity index (χ1) is 9.92. The molecule has 5 nitrogen and oxygen atoms in total. The summed E-state index contributed by atoms with van der Waals surface area (Å²) in [6.45, 7) is 3.97. The number of halogens is 1. The van der Waals surface area contributed by atoms with Crippen molar-refractivity contribution in [2.75, 3.05) is 12.4 Å². The number of nitrogens with one attached hydrogen (secondary N) is 1. The Labute approximate surface area is 128 Å². The van der Waals surface area contributed by atoms with Gasteiger partial charge in [0.25, 0.3) is 0 Å². The second-order valence-electron chi connectivity index (χ2n) is 4.89. The predicted molar refractivity (Wildman–Crippen MR) is 82.8 cm³/mol. The van der Waals surface area contributed by atoms with Crippen LogP contribution in [0.15, 0.2) is 24.4 Å². The van der Waals surface area contributed by atoms with E-state index in [0.717, 1.165) is 11.3 Å². The summed E-state index contributed by atoms with van der Waals surface area (Å²) in [5, 5.41) is 8.13. The SMILES string of the molecule is COC(=O)c1cc(Cl)ccc1NC(C)c1cn(C)nc1C. The van der Waals surface area contributed by atoms with Gasteiger partial charge in [-0.1, -0.05) is 11.6 Å². The average molecular weight is 308 g/mol. The molecule has 2 rings (SSSR count). The van der Waals surface area contributed by atoms with Crippen LogP contribution in [0.4, 0.5) is 5.69 Å². The zero-order valence-corrected chi connectivity index (χ0v) is 13.2. The van der Waals surface area contributed by atoms with E-state index < -0.39 is 5.97 Å². The lowest BCUT2D eigenvalue weighted by Gasteiger charge is -2.17. The van der Waals surface area contributed by atoms with Gasteiger partial charge >= 0.3 is 5.97 Å². The van der Waals surface area contributed by atoms with Crippen LogP contribution in [0, 0.1) is 6.92 Å². The number of benzene rings is 1. The van der Waals surface area contributed by atoms with Crippen molar-refractivity contribution < 1.29 is 9.53 Å². The number of esters is 1. The van der Waals surface area contributed by atoms with Gasteiger partial charge in [-0.3, -0.25) is 4.68 Å². The number of aromatic nitrogens is 2. The van der Waals surface area contributed by atoms with Crippen LogP contribution in [0.1, 0.15) is 34.6 Å². The number of aryl methyl sites for hydroxylation is 2. The second-order valence-corrected chi connectivity index (χ2v) is 5.33. The van der Waals surface area contributed by atoms with Crippen LogP contribution in [-0.2, 0) is 11.8 Å². The Morgan fingerprint density at radius 3 is 2.76 bits per heavy atom. The molecule has 0 spiro atoms. The average Bonchev–Trinajstić information content (AvgIpc) is 2.78. The highest BCUT2D eigenvalue weighted by Gasteiger charge is 2.17. The molecule has 0 saturated carbocycles. The van der Waals surface area contributed by atoms with Gasteiger partial charge in [0, 0.05) is 29.5 Å². The molecule has 112 valence electrons. The molecule has 1 aromatic carbocycles. The normalized spacial score (nSPS) is 12.0. The van der Waals surface area contributed by atoms with Crippen molar-refractivity contribution in [2.45, 2.75) is 19.9 Å². The smallest absolute Gasteiger partial charge is 0.340 e. The van der Waals surface area contributed by atoms with Crippen LogP contribution in [-0.4, -0.2) is 22.9 Å². The predicted octanol–water partition coefficient (Wildman–Crippen LogP) is 3.34. The van der Waals surface area contributed by atoms with Crippen molar-refractivity contribution >= 4 is 23.3 Å². The molecule has 0 aliphatic heterocycles. The molecule has 0 amide bonds. The third-order valence-corrected chi connectivity index (χ3v) is 3.51. The molecule has 1 atom stereocenters. The second kappa shape index (κ2) is 6.18. The molecule has 1 heterocycles. The quantitative estimate of drug-likeness (QED) is 0.880. The van der Waals surface area contributed by atoms with Crippen molar-refractivity contribution in [1.29, 1.82) is 0 Å². The Balaban J connectivity index is 2.31. The number of hydrogen-bond acceptors (Lipinski definition) is 4. The maximum Gasteiger partial charge on any atom is 0.340 e. The summed E-state index contributed by atoms with van der Waals surface area (Å²) in [5.41, 5.74) is 3.12. The third-order valence-electron chi connectivity index (χ3n) is 3.28. The number of carbonyl (C=O) groups excluding carboxylic acids is 1. The van der Waals surface area contributed by atoms with E-state index in [-0.39, 0.29) is 6.04 Å². The van der Waals surface area contributed by atoms with Crippen molar-refractivity contribution in [1.82, 2.24) is 9.78 Å². The topological polar surface area (TPSA) is 56.1 Å². The first-order valence-electron chi connectivity index (χ1n) is 6.57. The largest absolute Gasteiger partial charge is 0.465 e. The van der Waals surface area contributed by atoms with E-state index in [1.165, 1.54) is 7.11 Å². The van der Waals surface area contributed by atoms with Gasteiger partial charge in [0.2, 0.25) is 0 Å². The van der Waals surface area contributed by atoms with Gasteiger partial charge in [-0.05, 0) is 32.0 Å². The monoisotopic (exact) mass is 307 g/mol. The van der Waals surface area contributed by atoms with Crippen molar-refractivity contribution in [3.05, 3.63) is 46.2 Å². The third kappa shape index (κ3) is 3.36. The molecule has 0 bridgehead atoms. The lowest BCUT2D eigenvalue weighted by molar-refractivity contribution is 0.0602. The lowest BCUT2D eigenvalue weighted by atomic mass is 10.1. The van der Waals surface area contributed by atoms with Gasteiger partial charge in [-0.2, -0.15) is 5.10 Å². The molecule has 1 aromatic heterocycles. The first kappa shape index (κ1) is 15.4. The van der Waals surface area contributed by atoms with Gasteiger partial charge < -0.3 is 10.1 Å². The lowest BCUT2D eigenvalue weighted by Crippen LogP contribution is -2.12. The molecular weight excluding hydrogens is 290 g/mol. The molecule has 0 aliphatic carbocycles. The first-order valence-corrected chi connectivity index (χ1v) is 6.94. The minimum Gasteiger partial charge on any atom is -0.465 e. The van der Waals surface area contributed by atoms with Crippen molar-refractivity contribution in [3.8, 4) is 0 Å². The summed E-state index contributed by atoms with van der Waals surface area (Å²) in [4.78, 5) is 11.8. The molecule has 0 saturated heterocycles. The van der Waals surface area contributed by atoms with E-state index in [1.54, 1.807) is 22.9 Å². The molecular formula is C15H18ClN3O2. The number of hydrogen-bond donors (Lipinski definition) is 1. The standard InChI is InChI=1S/C15H18ClN3O2/c1-9(13-8-19(3)18-10(13)2)17-14-6-5-11(16)7-12(14)15(20)21-4/h5-9,17H,1-4H3. The fraction of sp³-hybridized carbons (Fsp3) is 0.333. The molecule has 0 aliphatic rings. The Bertz CT molecular complexity index is 667. The number of ether oxygens (including phenoxy) is 1. The fourth-order valence-corrected chi connectivity index (χ4v) is 2.45. The number of rotatable bonds is 4. The minimum absolute atomic E-state index is 0.00304. The molecule has 6 heteroatoms. The van der Waals surface area contributed by atoms with Gasteiger partial charge in [0.15, 0.2) is 0 Å². The van der Waals surface area contributed by atoms with Gasteiger partial charge in [0.05, 0.1) is 24.4 Å². The Morgan fingerprint density at radius 1 is 1.48 bits per heavy atom. The van der Waals surface area contributed by atoms with E-state index in [9.17, 15) is 4.79 Å². The highest BCUT2D eigenvalue weighted by Crippen LogP contribution is 2.26. The van der Waals surface area contributed by atoms with Gasteiger partial charge in [-0.15, -0.1) is 0 Å². The van der Waals surface area contributed by atoms with Gasteiger partial charge in [0.1, 0.15) is 0 Å². The summed E-state index contributed by atoms with van der Waals surface area (Å²) in [5.74, 6) is -0.421. The molecule has 1 unspecified atom stereocenters. The summed E-state index contributed by atoms with van der Waals surface area (Å²) >= 11 is 5.95. The summed E-state index contributed by atoms with van der Waals surface area (Å²) in [6.07, 6.45) is 1.96. The van der Waals surface area contributed by atoms with E-state index in [1.807, 2.05) is 27.1 Å². The molecule has 1 N–H and O–H groups in total. The van der Waals surface area contributed by atoms with Gasteiger partial charge in [-0.25, -0.2) is 4.79 Å². The van der Waals surface area contributed by atoms with Crippen LogP contribution in [0.25, 0.3) is 0 Å². The zero-order chi connectivity index (χ0) is 15.6. The highest BCUT2D eigenvalue weighted by atomic mass is 35.5. The number of methoxy groups -OCH3 is 1. The van der Waals surface area contributed by atoms with E-state index >= 15 is 0 Å². The van der Waals surface area contributed by atoms with Crippen LogP contribution in [0.2, 0.25) is 5.02 Å². The van der Waals surface area contributed by atoms with Crippen LogP contribution in [0.3, 0.4) is 0 Å². The van der Waals surface area contributed by atoms with Crippen LogP contribution >= 0.6 is 11.6 Å². The molecule has 21 heavy (non-hydrogen) atoms. The molecule has 2 aromatic rings. The van der Waals surface area contributed by atoms with Crippen molar-refractivity contribution in [3.63, 3.8) is 0 Å². The fourth-order valence-electron chi connectivity index (χ4n) is 2.28. The Hall–Kier alpha value is -2.01. The van der Waals surface area contributed by atoms with Crippen LogP contribution < -0.4 is 5.32 Å². The summed E-state index contributed by atoms with van der Waals surface area (Å²) in [7, 11) is 3.23. The maximum absolute atomic E-state index is 11.8. The van der Waals surface area contributed by atoms with E-state index in [4.69, 9.17) is 16.3 Å². The van der Waals surface area contributed by atoms with E-state index in [0.29, 0.717) is 16.3 Å². The Kier molecular flexibility index (Phi) is 4.53. The maximum atomic E-state index is 11.8. The molecule has 0 radical (unpaired) electrons. The summed E-state index contributed by atoms with van der Waals surface area (Å²) < 4.78 is 6.56. The summed E-state index contributed by atoms with van der Waals surface area (Å²) in [6, 6.07) is 5.11. The Morgan fingerprint density at radius 2 is 2.19 bits per heavy atom. The number of nitrogens with zero attached hydrogens (tertiary/aromatic N) is 2. The molecule has 0 fully saturated rings. The number of carbonyl (C=O) groups is 1. The van der Waals surface area contributed by atoms with Crippen molar-refractivity contribution in [2.24, 2.45) is 7.05 Å². The highest BCUT2D eigenvalue weighted by molar-refractivity contribution is 6.31.